The molecule has 1 aromatic rings. The number of carbonyl (C=O) groups excluding carboxylic acids is 1. The van der Waals surface area contributed by atoms with Crippen molar-refractivity contribution in [2.45, 2.75) is 6.42 Å². The van der Waals surface area contributed by atoms with Gasteiger partial charge < -0.3 is 0 Å². The van der Waals surface area contributed by atoms with E-state index in [9.17, 15) is 4.79 Å². The van der Waals surface area contributed by atoms with Crippen molar-refractivity contribution in [2.24, 2.45) is 0 Å². The Kier molecular flexibility index (Phi) is 6.60. The molecule has 0 aromatic heterocycles. The Bertz CT molecular complexity index is 285. The number of ketones is 1. The van der Waals surface area contributed by atoms with Crippen molar-refractivity contribution in [3.8, 4) is 0 Å². The van der Waals surface area contributed by atoms with Crippen LogP contribution >= 0.6 is 23.5 Å². The maximum atomic E-state index is 11.5. The second-order valence-electron chi connectivity index (χ2n) is 3.25. The zero-order chi connectivity index (χ0) is 10.9. The smallest absolute Gasteiger partial charge is 0.147 e. The van der Waals surface area contributed by atoms with Crippen molar-refractivity contribution < 1.29 is 4.79 Å². The molecule has 1 nitrogen and oxygen atoms in total. The Hall–Kier alpha value is -0.410. The average molecular weight is 240 g/mol. The molecule has 0 fully saturated rings. The first kappa shape index (κ1) is 12.7. The van der Waals surface area contributed by atoms with E-state index in [4.69, 9.17) is 0 Å². The van der Waals surface area contributed by atoms with Gasteiger partial charge in [0.1, 0.15) is 5.78 Å². The minimum absolute atomic E-state index is 0.326. The first-order chi connectivity index (χ1) is 7.33. The van der Waals surface area contributed by atoms with Gasteiger partial charge in [-0.3, -0.25) is 4.79 Å². The summed E-state index contributed by atoms with van der Waals surface area (Å²) in [4.78, 5) is 11.5. The first-order valence-electron chi connectivity index (χ1n) is 4.95. The number of thioether (sulfide) groups is 2. The highest BCUT2D eigenvalue weighted by atomic mass is 32.2. The topological polar surface area (TPSA) is 17.1 Å². The second kappa shape index (κ2) is 7.83. The van der Waals surface area contributed by atoms with Crippen LogP contribution in [0, 0.1) is 0 Å². The molecule has 1 aromatic carbocycles. The summed E-state index contributed by atoms with van der Waals surface area (Å²) in [6, 6.07) is 9.93. The molecule has 0 heterocycles. The molecule has 0 aliphatic carbocycles. The van der Waals surface area contributed by atoms with E-state index >= 15 is 0 Å². The monoisotopic (exact) mass is 240 g/mol. The Morgan fingerprint density at radius 3 is 2.60 bits per heavy atom. The summed E-state index contributed by atoms with van der Waals surface area (Å²) >= 11 is 3.56. The lowest BCUT2D eigenvalue weighted by Crippen LogP contribution is -2.06. The van der Waals surface area contributed by atoms with Crippen LogP contribution in [0.15, 0.2) is 30.3 Å². The van der Waals surface area contributed by atoms with Gasteiger partial charge in [-0.25, -0.2) is 0 Å². The van der Waals surface area contributed by atoms with E-state index in [0.29, 0.717) is 18.0 Å². The number of Topliss-reactive ketones (excluding diaryl/α,β-unsaturated/α-hetero) is 1. The number of carbonyl (C=O) groups is 1. The van der Waals surface area contributed by atoms with Crippen molar-refractivity contribution in [1.82, 2.24) is 0 Å². The predicted molar refractivity (Wildman–Crippen MR) is 70.9 cm³/mol. The van der Waals surface area contributed by atoms with Crippen LogP contribution < -0.4 is 0 Å². The van der Waals surface area contributed by atoms with Crippen molar-refractivity contribution in [2.75, 3.05) is 23.5 Å². The van der Waals surface area contributed by atoms with Gasteiger partial charge in [0.2, 0.25) is 0 Å². The zero-order valence-corrected chi connectivity index (χ0v) is 10.6. The molecule has 0 aliphatic heterocycles. The lowest BCUT2D eigenvalue weighted by molar-refractivity contribution is -0.116. The summed E-state index contributed by atoms with van der Waals surface area (Å²) in [5, 5.41) is 0. The highest BCUT2D eigenvalue weighted by Crippen LogP contribution is 2.07. The third-order valence-corrected chi connectivity index (χ3v) is 3.83. The molecular formula is C12H16OS2. The molecule has 15 heavy (non-hydrogen) atoms. The Morgan fingerprint density at radius 2 is 1.93 bits per heavy atom. The molecule has 0 bridgehead atoms. The van der Waals surface area contributed by atoms with E-state index in [1.165, 1.54) is 0 Å². The molecule has 0 saturated heterocycles. The van der Waals surface area contributed by atoms with E-state index in [2.05, 4.69) is 6.26 Å². The van der Waals surface area contributed by atoms with Gasteiger partial charge in [0.25, 0.3) is 0 Å². The highest BCUT2D eigenvalue weighted by molar-refractivity contribution is 8.02. The SMILES string of the molecule is CSCCSCC(=O)Cc1ccccc1. The summed E-state index contributed by atoms with van der Waals surface area (Å²) in [5.41, 5.74) is 1.12. The average Bonchev–Trinajstić information content (AvgIpc) is 2.26. The van der Waals surface area contributed by atoms with Crippen LogP contribution in [0.5, 0.6) is 0 Å². The predicted octanol–water partition coefficient (Wildman–Crippen LogP) is 2.89. The van der Waals surface area contributed by atoms with Gasteiger partial charge >= 0.3 is 0 Å². The molecule has 82 valence electrons. The minimum Gasteiger partial charge on any atom is -0.298 e. The highest BCUT2D eigenvalue weighted by Gasteiger charge is 2.02. The molecule has 1 rings (SSSR count). The van der Waals surface area contributed by atoms with Crippen LogP contribution in [-0.2, 0) is 11.2 Å². The fourth-order valence-corrected chi connectivity index (χ4v) is 2.81. The maximum absolute atomic E-state index is 11.5. The number of benzene rings is 1. The van der Waals surface area contributed by atoms with Crippen molar-refractivity contribution in [3.05, 3.63) is 35.9 Å². The summed E-state index contributed by atoms with van der Waals surface area (Å²) in [6.45, 7) is 0. The Labute approximate surface area is 100 Å². The maximum Gasteiger partial charge on any atom is 0.147 e. The first-order valence-corrected chi connectivity index (χ1v) is 7.50. The van der Waals surface area contributed by atoms with Crippen LogP contribution in [0.25, 0.3) is 0 Å². The molecule has 0 radical (unpaired) electrons. The lowest BCUT2D eigenvalue weighted by Gasteiger charge is -2.00. The van der Waals surface area contributed by atoms with Crippen molar-refractivity contribution in [1.29, 1.82) is 0 Å². The minimum atomic E-state index is 0.326. The van der Waals surface area contributed by atoms with Gasteiger partial charge in [-0.1, -0.05) is 30.3 Å². The van der Waals surface area contributed by atoms with E-state index < -0.39 is 0 Å². The molecular weight excluding hydrogens is 224 g/mol. The fourth-order valence-electron chi connectivity index (χ4n) is 1.20. The van der Waals surface area contributed by atoms with Crippen molar-refractivity contribution >= 4 is 29.3 Å². The zero-order valence-electron chi connectivity index (χ0n) is 8.94. The largest absolute Gasteiger partial charge is 0.298 e. The van der Waals surface area contributed by atoms with Gasteiger partial charge in [-0.05, 0) is 11.8 Å². The van der Waals surface area contributed by atoms with Gasteiger partial charge in [0.15, 0.2) is 0 Å². The van der Waals surface area contributed by atoms with Gasteiger partial charge in [0, 0.05) is 17.9 Å². The molecule has 0 saturated carbocycles. The second-order valence-corrected chi connectivity index (χ2v) is 5.34. The quantitative estimate of drug-likeness (QED) is 0.682. The molecule has 0 N–H and O–H groups in total. The molecule has 0 atom stereocenters. The third-order valence-electron chi connectivity index (χ3n) is 1.94. The summed E-state index contributed by atoms with van der Waals surface area (Å²) < 4.78 is 0. The van der Waals surface area contributed by atoms with Crippen LogP contribution in [0.3, 0.4) is 0 Å². The van der Waals surface area contributed by atoms with Crippen LogP contribution in [0.4, 0.5) is 0 Å². The van der Waals surface area contributed by atoms with Gasteiger partial charge in [-0.2, -0.15) is 23.5 Å². The van der Waals surface area contributed by atoms with E-state index in [-0.39, 0.29) is 0 Å². The van der Waals surface area contributed by atoms with Crippen molar-refractivity contribution in [3.63, 3.8) is 0 Å². The fraction of sp³-hybridized carbons (Fsp3) is 0.417. The molecule has 3 heteroatoms. The van der Waals surface area contributed by atoms with Crippen LogP contribution in [0.1, 0.15) is 5.56 Å². The standard InChI is InChI=1S/C12H16OS2/c1-14-7-8-15-10-12(13)9-11-5-3-2-4-6-11/h2-6H,7-10H2,1H3. The molecule has 0 aliphatic rings. The molecule has 0 spiro atoms. The number of hydrogen-bond acceptors (Lipinski definition) is 3. The number of hydrogen-bond donors (Lipinski definition) is 0. The summed E-state index contributed by atoms with van der Waals surface area (Å²) in [7, 11) is 0. The Balaban J connectivity index is 2.19. The number of rotatable bonds is 7. The van der Waals surface area contributed by atoms with Gasteiger partial charge in [-0.15, -0.1) is 0 Å². The normalized spacial score (nSPS) is 10.2. The summed E-state index contributed by atoms with van der Waals surface area (Å²) in [6.07, 6.45) is 2.67. The Morgan fingerprint density at radius 1 is 1.20 bits per heavy atom. The molecule has 0 amide bonds. The summed E-state index contributed by atoms with van der Waals surface area (Å²) in [5.74, 6) is 3.17. The van der Waals surface area contributed by atoms with E-state index in [1.54, 1.807) is 11.8 Å². The van der Waals surface area contributed by atoms with Crippen LogP contribution in [0.2, 0.25) is 0 Å². The van der Waals surface area contributed by atoms with Gasteiger partial charge in [0.05, 0.1) is 5.75 Å². The van der Waals surface area contributed by atoms with E-state index in [0.717, 1.165) is 17.1 Å². The molecule has 0 unspecified atom stereocenters. The lowest BCUT2D eigenvalue weighted by atomic mass is 10.1. The van der Waals surface area contributed by atoms with Crippen LogP contribution in [-0.4, -0.2) is 29.3 Å². The van der Waals surface area contributed by atoms with E-state index in [1.807, 2.05) is 42.1 Å². The third kappa shape index (κ3) is 5.90.